The summed E-state index contributed by atoms with van der Waals surface area (Å²) in [7, 11) is 0. The highest BCUT2D eigenvalue weighted by Gasteiger charge is 2.37. The van der Waals surface area contributed by atoms with Crippen molar-refractivity contribution in [3.63, 3.8) is 0 Å². The Bertz CT molecular complexity index is 512. The highest BCUT2D eigenvalue weighted by atomic mass is 16.1. The van der Waals surface area contributed by atoms with Crippen LogP contribution in [0.4, 0.5) is 5.82 Å². The van der Waals surface area contributed by atoms with Crippen LogP contribution >= 0.6 is 0 Å². The van der Waals surface area contributed by atoms with Crippen molar-refractivity contribution in [2.24, 2.45) is 17.6 Å². The number of aryl methyl sites for hydroxylation is 1. The zero-order chi connectivity index (χ0) is 13.4. The molecule has 1 saturated heterocycles. The van der Waals surface area contributed by atoms with Gasteiger partial charge in [-0.2, -0.15) is 0 Å². The van der Waals surface area contributed by atoms with E-state index in [0.717, 1.165) is 49.9 Å². The Morgan fingerprint density at radius 3 is 3.00 bits per heavy atom. The highest BCUT2D eigenvalue weighted by molar-refractivity contribution is 5.39. The van der Waals surface area contributed by atoms with Crippen LogP contribution in [0.15, 0.2) is 10.9 Å². The third kappa shape index (κ3) is 2.52. The molecule has 0 amide bonds. The van der Waals surface area contributed by atoms with E-state index < -0.39 is 0 Å². The van der Waals surface area contributed by atoms with Crippen LogP contribution in [0, 0.1) is 11.8 Å². The number of nitrogens with two attached hydrogens (primary N) is 1. The van der Waals surface area contributed by atoms with Gasteiger partial charge in [0.2, 0.25) is 0 Å². The van der Waals surface area contributed by atoms with Gasteiger partial charge >= 0.3 is 0 Å². The van der Waals surface area contributed by atoms with Gasteiger partial charge in [-0.25, -0.2) is 4.98 Å². The van der Waals surface area contributed by atoms with E-state index in [1.54, 1.807) is 6.07 Å². The second-order valence-electron chi connectivity index (χ2n) is 5.90. The number of aromatic amines is 1. The molecule has 0 aromatic carbocycles. The van der Waals surface area contributed by atoms with Crippen LogP contribution in [0.5, 0.6) is 0 Å². The minimum atomic E-state index is -0.0478. The topological polar surface area (TPSA) is 75.0 Å². The van der Waals surface area contributed by atoms with Crippen molar-refractivity contribution >= 4 is 5.82 Å². The third-order valence-corrected chi connectivity index (χ3v) is 4.53. The average molecular weight is 262 g/mol. The Hall–Kier alpha value is -1.36. The fourth-order valence-corrected chi connectivity index (χ4v) is 3.48. The van der Waals surface area contributed by atoms with Gasteiger partial charge in [0, 0.05) is 31.6 Å². The van der Waals surface area contributed by atoms with Gasteiger partial charge < -0.3 is 15.6 Å². The van der Waals surface area contributed by atoms with E-state index in [0.29, 0.717) is 12.0 Å². The lowest BCUT2D eigenvalue weighted by Gasteiger charge is -2.27. The number of aromatic nitrogens is 2. The molecule has 19 heavy (non-hydrogen) atoms. The molecule has 3 rings (SSSR count). The van der Waals surface area contributed by atoms with Gasteiger partial charge in [-0.05, 0) is 31.1 Å². The second kappa shape index (κ2) is 4.96. The number of anilines is 1. The number of nitrogens with zero attached hydrogens (tertiary/aromatic N) is 2. The molecule has 1 unspecified atom stereocenters. The predicted octanol–water partition coefficient (Wildman–Crippen LogP) is 0.896. The molecule has 1 saturated carbocycles. The van der Waals surface area contributed by atoms with Crippen molar-refractivity contribution in [3.05, 3.63) is 22.2 Å². The van der Waals surface area contributed by atoms with E-state index in [4.69, 9.17) is 5.73 Å². The maximum Gasteiger partial charge on any atom is 0.252 e. The number of rotatable bonds is 2. The normalized spacial score (nSPS) is 30.4. The molecule has 2 aliphatic rings. The summed E-state index contributed by atoms with van der Waals surface area (Å²) in [5, 5.41) is 0. The monoisotopic (exact) mass is 262 g/mol. The van der Waals surface area contributed by atoms with Gasteiger partial charge in [-0.3, -0.25) is 4.79 Å². The first kappa shape index (κ1) is 12.7. The summed E-state index contributed by atoms with van der Waals surface area (Å²) in [5.41, 5.74) is 6.01. The molecule has 5 nitrogen and oxygen atoms in total. The molecule has 2 heterocycles. The Morgan fingerprint density at radius 2 is 2.21 bits per heavy atom. The van der Waals surface area contributed by atoms with E-state index in [1.807, 2.05) is 6.92 Å². The number of hydrogen-bond acceptors (Lipinski definition) is 4. The Morgan fingerprint density at radius 1 is 1.42 bits per heavy atom. The molecule has 0 bridgehead atoms. The molecule has 5 heteroatoms. The van der Waals surface area contributed by atoms with Gasteiger partial charge in [0.15, 0.2) is 0 Å². The van der Waals surface area contributed by atoms with Crippen molar-refractivity contribution in [2.75, 3.05) is 18.0 Å². The minimum absolute atomic E-state index is 0.0478. The maximum absolute atomic E-state index is 11.7. The van der Waals surface area contributed by atoms with Crippen molar-refractivity contribution in [3.8, 4) is 0 Å². The standard InChI is InChI=1S/C14H22N4O/c1-2-12-16-13(6-14(19)17-12)18-7-9-3-4-11(15)5-10(9)8-18/h6,9-11H,2-5,7-8,15H2,1H3,(H,16,17,19)/t9-,10+,11?/m1/s1. The Balaban J connectivity index is 1.80. The number of hydrogen-bond donors (Lipinski definition) is 2. The van der Waals surface area contributed by atoms with Gasteiger partial charge in [-0.15, -0.1) is 0 Å². The van der Waals surface area contributed by atoms with Crippen molar-refractivity contribution in [1.29, 1.82) is 0 Å². The summed E-state index contributed by atoms with van der Waals surface area (Å²) in [6, 6.07) is 1.98. The predicted molar refractivity (Wildman–Crippen MR) is 75.3 cm³/mol. The molecule has 1 aromatic rings. The van der Waals surface area contributed by atoms with Crippen LogP contribution in [0.25, 0.3) is 0 Å². The molecule has 0 radical (unpaired) electrons. The first-order valence-corrected chi connectivity index (χ1v) is 7.26. The summed E-state index contributed by atoms with van der Waals surface area (Å²) in [4.78, 5) is 21.2. The molecular weight excluding hydrogens is 240 g/mol. The molecule has 0 spiro atoms. The zero-order valence-electron chi connectivity index (χ0n) is 11.4. The number of nitrogens with one attached hydrogen (secondary N) is 1. The van der Waals surface area contributed by atoms with Crippen molar-refractivity contribution < 1.29 is 0 Å². The average Bonchev–Trinajstić information content (AvgIpc) is 2.80. The lowest BCUT2D eigenvalue weighted by Crippen LogP contribution is -2.32. The molecule has 1 aliphatic carbocycles. The Labute approximate surface area is 113 Å². The first-order valence-electron chi connectivity index (χ1n) is 7.26. The van der Waals surface area contributed by atoms with E-state index in [2.05, 4.69) is 14.9 Å². The number of fused-ring (bicyclic) bond motifs is 1. The summed E-state index contributed by atoms with van der Waals surface area (Å²) in [5.74, 6) is 3.01. The van der Waals surface area contributed by atoms with E-state index in [9.17, 15) is 4.79 Å². The smallest absolute Gasteiger partial charge is 0.252 e. The van der Waals surface area contributed by atoms with Gasteiger partial charge in [0.05, 0.1) is 0 Å². The molecule has 3 atom stereocenters. The second-order valence-corrected chi connectivity index (χ2v) is 5.90. The third-order valence-electron chi connectivity index (χ3n) is 4.53. The first-order chi connectivity index (χ1) is 9.15. The van der Waals surface area contributed by atoms with Gasteiger partial charge in [0.25, 0.3) is 5.56 Å². The molecule has 2 fully saturated rings. The summed E-state index contributed by atoms with van der Waals surface area (Å²) in [6.07, 6.45) is 4.23. The molecule has 3 N–H and O–H groups in total. The van der Waals surface area contributed by atoms with Crippen LogP contribution in [-0.4, -0.2) is 29.1 Å². The fraction of sp³-hybridized carbons (Fsp3) is 0.714. The summed E-state index contributed by atoms with van der Waals surface area (Å²) in [6.45, 7) is 4.03. The molecule has 104 valence electrons. The maximum atomic E-state index is 11.7. The van der Waals surface area contributed by atoms with E-state index in [1.165, 1.54) is 6.42 Å². The van der Waals surface area contributed by atoms with Crippen LogP contribution < -0.4 is 16.2 Å². The van der Waals surface area contributed by atoms with E-state index in [-0.39, 0.29) is 5.56 Å². The van der Waals surface area contributed by atoms with Gasteiger partial charge in [0.1, 0.15) is 11.6 Å². The van der Waals surface area contributed by atoms with Gasteiger partial charge in [-0.1, -0.05) is 6.92 Å². The fourth-order valence-electron chi connectivity index (χ4n) is 3.48. The lowest BCUT2D eigenvalue weighted by molar-refractivity contribution is 0.271. The van der Waals surface area contributed by atoms with Crippen LogP contribution in [0.2, 0.25) is 0 Å². The molecule has 1 aromatic heterocycles. The van der Waals surface area contributed by atoms with Crippen molar-refractivity contribution in [2.45, 2.75) is 38.6 Å². The van der Waals surface area contributed by atoms with Crippen LogP contribution in [0.1, 0.15) is 32.0 Å². The quantitative estimate of drug-likeness (QED) is 0.830. The highest BCUT2D eigenvalue weighted by Crippen LogP contribution is 2.36. The summed E-state index contributed by atoms with van der Waals surface area (Å²) < 4.78 is 0. The SMILES string of the molecule is CCc1nc(N2C[C@H]3CCC(N)C[C@H]3C2)cc(=O)[nH]1. The van der Waals surface area contributed by atoms with Crippen LogP contribution in [-0.2, 0) is 6.42 Å². The van der Waals surface area contributed by atoms with Crippen LogP contribution in [0.3, 0.4) is 0 Å². The number of H-pyrrole nitrogens is 1. The molecule has 1 aliphatic heterocycles. The lowest BCUT2D eigenvalue weighted by atomic mass is 9.79. The zero-order valence-corrected chi connectivity index (χ0v) is 11.4. The van der Waals surface area contributed by atoms with Crippen molar-refractivity contribution in [1.82, 2.24) is 9.97 Å². The Kier molecular flexibility index (Phi) is 3.31. The minimum Gasteiger partial charge on any atom is -0.356 e. The largest absolute Gasteiger partial charge is 0.356 e. The summed E-state index contributed by atoms with van der Waals surface area (Å²) >= 11 is 0. The van der Waals surface area contributed by atoms with E-state index >= 15 is 0 Å². The molecular formula is C14H22N4O.